The van der Waals surface area contributed by atoms with Crippen molar-refractivity contribution in [1.29, 1.82) is 0 Å². The van der Waals surface area contributed by atoms with Crippen LogP contribution in [0.2, 0.25) is 0 Å². The molecule has 0 radical (unpaired) electrons. The number of aromatic nitrogens is 1. The van der Waals surface area contributed by atoms with E-state index in [1.165, 1.54) is 11.3 Å². The predicted molar refractivity (Wildman–Crippen MR) is 77.7 cm³/mol. The van der Waals surface area contributed by atoms with Crippen molar-refractivity contribution in [1.82, 2.24) is 15.2 Å². The van der Waals surface area contributed by atoms with E-state index in [0.29, 0.717) is 12.2 Å². The topological polar surface area (TPSA) is 65.5 Å². The van der Waals surface area contributed by atoms with Crippen molar-refractivity contribution in [3.05, 3.63) is 16.1 Å². The number of likely N-dealkylation sites (N-methyl/N-ethyl adjacent to an activating group) is 1. The fourth-order valence-electron chi connectivity index (χ4n) is 1.51. The first-order chi connectivity index (χ1) is 8.71. The van der Waals surface area contributed by atoms with E-state index < -0.39 is 12.0 Å². The standard InChI is InChI=1S/C13H23N3O2S/c1-13(2,3)12-15-9(8-19-12)10(11(17)18)14-6-7-16(4)5/h8,10,14H,6-7H2,1-5H3,(H,17,18). The van der Waals surface area contributed by atoms with Gasteiger partial charge in [-0.05, 0) is 14.1 Å². The number of aliphatic carboxylic acids is 1. The van der Waals surface area contributed by atoms with Gasteiger partial charge in [0.2, 0.25) is 0 Å². The van der Waals surface area contributed by atoms with E-state index in [9.17, 15) is 9.90 Å². The molecule has 1 heterocycles. The summed E-state index contributed by atoms with van der Waals surface area (Å²) in [5.41, 5.74) is 0.552. The zero-order valence-corrected chi connectivity index (χ0v) is 13.0. The second-order valence-corrected chi connectivity index (χ2v) is 6.71. The third kappa shape index (κ3) is 4.89. The van der Waals surface area contributed by atoms with Crippen LogP contribution in [0, 0.1) is 0 Å². The maximum atomic E-state index is 11.3. The van der Waals surface area contributed by atoms with Crippen LogP contribution in [0.15, 0.2) is 5.38 Å². The van der Waals surface area contributed by atoms with E-state index >= 15 is 0 Å². The Morgan fingerprint density at radius 3 is 2.58 bits per heavy atom. The molecule has 1 rings (SSSR count). The zero-order chi connectivity index (χ0) is 14.6. The Hall–Kier alpha value is -0.980. The van der Waals surface area contributed by atoms with E-state index in [1.807, 2.05) is 24.4 Å². The summed E-state index contributed by atoms with van der Waals surface area (Å²) in [5.74, 6) is -0.885. The highest BCUT2D eigenvalue weighted by Gasteiger charge is 2.25. The van der Waals surface area contributed by atoms with E-state index in [2.05, 4.69) is 31.1 Å². The number of carboxylic acids is 1. The van der Waals surface area contributed by atoms with Crippen LogP contribution < -0.4 is 5.32 Å². The van der Waals surface area contributed by atoms with Gasteiger partial charge in [0.05, 0.1) is 10.7 Å². The summed E-state index contributed by atoms with van der Waals surface area (Å²) in [5, 5.41) is 15.1. The van der Waals surface area contributed by atoms with E-state index in [-0.39, 0.29) is 5.41 Å². The average molecular weight is 285 g/mol. The smallest absolute Gasteiger partial charge is 0.327 e. The molecule has 1 atom stereocenters. The Labute approximate surface area is 118 Å². The van der Waals surface area contributed by atoms with Gasteiger partial charge in [-0.25, -0.2) is 4.98 Å². The van der Waals surface area contributed by atoms with Gasteiger partial charge in [-0.2, -0.15) is 0 Å². The molecule has 0 saturated carbocycles. The summed E-state index contributed by atoms with van der Waals surface area (Å²) in [7, 11) is 3.91. The van der Waals surface area contributed by atoms with Crippen LogP contribution in [0.1, 0.15) is 37.5 Å². The second-order valence-electron chi connectivity index (χ2n) is 5.86. The Balaban J connectivity index is 2.77. The number of thiazole rings is 1. The first-order valence-corrected chi connectivity index (χ1v) is 7.16. The number of hydrogen-bond acceptors (Lipinski definition) is 5. The highest BCUT2D eigenvalue weighted by atomic mass is 32.1. The number of carboxylic acid groups (broad SMARTS) is 1. The van der Waals surface area contributed by atoms with Gasteiger partial charge in [0, 0.05) is 23.9 Å². The van der Waals surface area contributed by atoms with Gasteiger partial charge in [0.25, 0.3) is 0 Å². The zero-order valence-electron chi connectivity index (χ0n) is 12.2. The van der Waals surface area contributed by atoms with Gasteiger partial charge in [-0.3, -0.25) is 10.1 Å². The lowest BCUT2D eigenvalue weighted by Crippen LogP contribution is -2.34. The number of rotatable bonds is 6. The van der Waals surface area contributed by atoms with Crippen LogP contribution in [-0.2, 0) is 10.2 Å². The van der Waals surface area contributed by atoms with Gasteiger partial charge in [0.15, 0.2) is 0 Å². The Kier molecular flexibility index (Phi) is 5.46. The molecular formula is C13H23N3O2S. The minimum atomic E-state index is -0.885. The molecule has 0 aliphatic heterocycles. The normalized spacial score (nSPS) is 13.8. The van der Waals surface area contributed by atoms with Crippen molar-refractivity contribution in [2.24, 2.45) is 0 Å². The second kappa shape index (κ2) is 6.45. The molecular weight excluding hydrogens is 262 g/mol. The van der Waals surface area contributed by atoms with Crippen molar-refractivity contribution in [2.45, 2.75) is 32.2 Å². The molecule has 0 aromatic carbocycles. The number of nitrogens with zero attached hydrogens (tertiary/aromatic N) is 2. The summed E-state index contributed by atoms with van der Waals surface area (Å²) in [6.07, 6.45) is 0. The Morgan fingerprint density at radius 2 is 2.16 bits per heavy atom. The molecule has 6 heteroatoms. The summed E-state index contributed by atoms with van der Waals surface area (Å²) < 4.78 is 0. The molecule has 0 spiro atoms. The van der Waals surface area contributed by atoms with Gasteiger partial charge in [0.1, 0.15) is 6.04 Å². The number of carbonyl (C=O) groups is 1. The molecule has 0 amide bonds. The highest BCUT2D eigenvalue weighted by molar-refractivity contribution is 7.09. The molecule has 1 aromatic rings. The third-order valence-electron chi connectivity index (χ3n) is 2.61. The van der Waals surface area contributed by atoms with Crippen LogP contribution in [0.3, 0.4) is 0 Å². The summed E-state index contributed by atoms with van der Waals surface area (Å²) in [6, 6.07) is -0.729. The molecule has 2 N–H and O–H groups in total. The van der Waals surface area contributed by atoms with Crippen molar-refractivity contribution >= 4 is 17.3 Å². The van der Waals surface area contributed by atoms with Gasteiger partial charge < -0.3 is 10.0 Å². The molecule has 19 heavy (non-hydrogen) atoms. The summed E-state index contributed by atoms with van der Waals surface area (Å²) >= 11 is 1.52. The minimum absolute atomic E-state index is 0.0460. The van der Waals surface area contributed by atoms with E-state index in [4.69, 9.17) is 0 Å². The molecule has 0 fully saturated rings. The minimum Gasteiger partial charge on any atom is -0.480 e. The fraction of sp³-hybridized carbons (Fsp3) is 0.692. The van der Waals surface area contributed by atoms with Gasteiger partial charge >= 0.3 is 5.97 Å². The van der Waals surface area contributed by atoms with Crippen molar-refractivity contribution < 1.29 is 9.90 Å². The van der Waals surface area contributed by atoms with Crippen LogP contribution in [0.4, 0.5) is 0 Å². The average Bonchev–Trinajstić information content (AvgIpc) is 2.71. The van der Waals surface area contributed by atoms with Crippen LogP contribution in [-0.4, -0.2) is 48.1 Å². The van der Waals surface area contributed by atoms with Crippen LogP contribution in [0.25, 0.3) is 0 Å². The molecule has 1 unspecified atom stereocenters. The number of hydrogen-bond donors (Lipinski definition) is 2. The van der Waals surface area contributed by atoms with E-state index in [0.717, 1.165) is 11.6 Å². The molecule has 0 aliphatic rings. The monoisotopic (exact) mass is 285 g/mol. The van der Waals surface area contributed by atoms with Crippen LogP contribution >= 0.6 is 11.3 Å². The van der Waals surface area contributed by atoms with Crippen LogP contribution in [0.5, 0.6) is 0 Å². The van der Waals surface area contributed by atoms with Crippen molar-refractivity contribution in [3.63, 3.8) is 0 Å². The van der Waals surface area contributed by atoms with E-state index in [1.54, 1.807) is 0 Å². The van der Waals surface area contributed by atoms with Crippen molar-refractivity contribution in [2.75, 3.05) is 27.2 Å². The summed E-state index contributed by atoms with van der Waals surface area (Å²) in [6.45, 7) is 7.63. The maximum absolute atomic E-state index is 11.3. The third-order valence-corrected chi connectivity index (χ3v) is 3.90. The molecule has 0 bridgehead atoms. The lowest BCUT2D eigenvalue weighted by molar-refractivity contribution is -0.139. The Bertz CT molecular complexity index is 424. The largest absolute Gasteiger partial charge is 0.480 e. The SMILES string of the molecule is CN(C)CCNC(C(=O)O)c1csc(C(C)(C)C)n1. The number of nitrogens with one attached hydrogen (secondary N) is 1. The van der Waals surface area contributed by atoms with Crippen molar-refractivity contribution in [3.8, 4) is 0 Å². The predicted octanol–water partition coefficient (Wildman–Crippen LogP) is 1.72. The van der Waals surface area contributed by atoms with Gasteiger partial charge in [-0.15, -0.1) is 11.3 Å². The summed E-state index contributed by atoms with van der Waals surface area (Å²) in [4.78, 5) is 17.8. The molecule has 108 valence electrons. The first kappa shape index (κ1) is 16.1. The molecule has 0 aliphatic carbocycles. The first-order valence-electron chi connectivity index (χ1n) is 6.28. The molecule has 0 saturated heterocycles. The van der Waals surface area contributed by atoms with Gasteiger partial charge in [-0.1, -0.05) is 20.8 Å². The maximum Gasteiger partial charge on any atom is 0.327 e. The Morgan fingerprint density at radius 1 is 1.53 bits per heavy atom. The molecule has 1 aromatic heterocycles. The fourth-order valence-corrected chi connectivity index (χ4v) is 2.45. The highest BCUT2D eigenvalue weighted by Crippen LogP contribution is 2.27. The molecule has 5 nitrogen and oxygen atoms in total. The lowest BCUT2D eigenvalue weighted by Gasteiger charge is -2.16. The lowest BCUT2D eigenvalue weighted by atomic mass is 9.98. The quantitative estimate of drug-likeness (QED) is 0.833.